The average Bonchev–Trinajstić information content (AvgIpc) is 3.00. The van der Waals surface area contributed by atoms with Gasteiger partial charge in [-0.05, 0) is 26.8 Å². The standard InChI is InChI=1S/C15H19N3O3S/c1-4-18-11(3)15(10(2)16-18)22(19,20)17-13-9-21-14-8-6-5-7-12(13)14/h5-8,13,17H,4,9H2,1-3H3/t13-/m1/s1. The number of benzene rings is 1. The Morgan fingerprint density at radius 2 is 2.09 bits per heavy atom. The minimum atomic E-state index is -3.65. The lowest BCUT2D eigenvalue weighted by atomic mass is 10.1. The van der Waals surface area contributed by atoms with Crippen molar-refractivity contribution in [1.29, 1.82) is 0 Å². The highest BCUT2D eigenvalue weighted by atomic mass is 32.2. The first-order valence-corrected chi connectivity index (χ1v) is 8.70. The molecular weight excluding hydrogens is 302 g/mol. The van der Waals surface area contributed by atoms with Crippen LogP contribution in [0.2, 0.25) is 0 Å². The maximum absolute atomic E-state index is 12.7. The third-order valence-electron chi connectivity index (χ3n) is 3.88. The van der Waals surface area contributed by atoms with E-state index >= 15 is 0 Å². The monoisotopic (exact) mass is 321 g/mol. The number of para-hydroxylation sites is 1. The summed E-state index contributed by atoms with van der Waals surface area (Å²) in [6.07, 6.45) is 0. The van der Waals surface area contributed by atoms with E-state index in [2.05, 4.69) is 9.82 Å². The van der Waals surface area contributed by atoms with Gasteiger partial charge in [0.2, 0.25) is 10.0 Å². The van der Waals surface area contributed by atoms with Gasteiger partial charge in [-0.2, -0.15) is 9.82 Å². The second-order valence-corrected chi connectivity index (χ2v) is 6.99. The number of hydrogen-bond acceptors (Lipinski definition) is 4. The van der Waals surface area contributed by atoms with E-state index in [4.69, 9.17) is 4.74 Å². The number of nitrogens with zero attached hydrogens (tertiary/aromatic N) is 2. The summed E-state index contributed by atoms with van der Waals surface area (Å²) in [6.45, 7) is 6.37. The molecule has 22 heavy (non-hydrogen) atoms. The predicted molar refractivity (Wildman–Crippen MR) is 82.4 cm³/mol. The normalized spacial score (nSPS) is 17.3. The molecule has 0 saturated carbocycles. The molecule has 0 aliphatic carbocycles. The Hall–Kier alpha value is -1.86. The fraction of sp³-hybridized carbons (Fsp3) is 0.400. The molecule has 0 bridgehead atoms. The van der Waals surface area contributed by atoms with Crippen LogP contribution in [0.3, 0.4) is 0 Å². The van der Waals surface area contributed by atoms with E-state index in [0.717, 1.165) is 11.3 Å². The molecule has 7 heteroatoms. The number of hydrogen-bond donors (Lipinski definition) is 1. The van der Waals surface area contributed by atoms with Gasteiger partial charge >= 0.3 is 0 Å². The van der Waals surface area contributed by atoms with Crippen molar-refractivity contribution in [2.75, 3.05) is 6.61 Å². The van der Waals surface area contributed by atoms with E-state index in [1.807, 2.05) is 31.2 Å². The van der Waals surface area contributed by atoms with Crippen LogP contribution in [-0.4, -0.2) is 24.8 Å². The lowest BCUT2D eigenvalue weighted by Gasteiger charge is -2.12. The van der Waals surface area contributed by atoms with E-state index in [9.17, 15) is 8.42 Å². The smallest absolute Gasteiger partial charge is 0.244 e. The van der Waals surface area contributed by atoms with Gasteiger partial charge in [-0.3, -0.25) is 4.68 Å². The van der Waals surface area contributed by atoms with Gasteiger partial charge in [0, 0.05) is 12.1 Å². The van der Waals surface area contributed by atoms with Crippen LogP contribution in [0, 0.1) is 13.8 Å². The fourth-order valence-corrected chi connectivity index (χ4v) is 4.50. The van der Waals surface area contributed by atoms with Gasteiger partial charge < -0.3 is 4.74 Å². The first-order chi connectivity index (χ1) is 10.4. The van der Waals surface area contributed by atoms with Crippen molar-refractivity contribution in [1.82, 2.24) is 14.5 Å². The van der Waals surface area contributed by atoms with Crippen LogP contribution in [-0.2, 0) is 16.6 Å². The lowest BCUT2D eigenvalue weighted by molar-refractivity contribution is 0.325. The molecule has 1 aromatic heterocycles. The Balaban J connectivity index is 1.94. The maximum atomic E-state index is 12.7. The Morgan fingerprint density at radius 3 is 2.77 bits per heavy atom. The second kappa shape index (κ2) is 5.40. The Kier molecular flexibility index (Phi) is 3.70. The summed E-state index contributed by atoms with van der Waals surface area (Å²) in [7, 11) is -3.65. The molecule has 1 aromatic carbocycles. The third kappa shape index (κ3) is 2.40. The van der Waals surface area contributed by atoms with Crippen LogP contribution in [0.4, 0.5) is 0 Å². The first kappa shape index (κ1) is 15.1. The van der Waals surface area contributed by atoms with Crippen molar-refractivity contribution in [3.8, 4) is 5.75 Å². The maximum Gasteiger partial charge on any atom is 0.244 e. The molecule has 1 N–H and O–H groups in total. The van der Waals surface area contributed by atoms with Gasteiger partial charge in [0.05, 0.1) is 17.4 Å². The molecule has 1 aliphatic heterocycles. The lowest BCUT2D eigenvalue weighted by Crippen LogP contribution is -2.30. The van der Waals surface area contributed by atoms with E-state index in [-0.39, 0.29) is 10.9 Å². The Morgan fingerprint density at radius 1 is 1.36 bits per heavy atom. The number of sulfonamides is 1. The molecular formula is C15H19N3O3S. The van der Waals surface area contributed by atoms with Crippen molar-refractivity contribution in [3.05, 3.63) is 41.2 Å². The van der Waals surface area contributed by atoms with Crippen LogP contribution < -0.4 is 9.46 Å². The molecule has 2 heterocycles. The SMILES string of the molecule is CCn1nc(C)c(S(=O)(=O)N[C@@H]2COc3ccccc32)c1C. The number of fused-ring (bicyclic) bond motifs is 1. The van der Waals surface area contributed by atoms with E-state index in [1.54, 1.807) is 18.5 Å². The van der Waals surface area contributed by atoms with Gasteiger partial charge in [0.1, 0.15) is 17.3 Å². The van der Waals surface area contributed by atoms with Gasteiger partial charge in [-0.15, -0.1) is 0 Å². The quantitative estimate of drug-likeness (QED) is 0.934. The molecule has 0 saturated heterocycles. The first-order valence-electron chi connectivity index (χ1n) is 7.22. The van der Waals surface area contributed by atoms with Gasteiger partial charge in [0.15, 0.2) is 0 Å². The molecule has 0 radical (unpaired) electrons. The molecule has 0 unspecified atom stereocenters. The van der Waals surface area contributed by atoms with E-state index in [1.165, 1.54) is 0 Å². The van der Waals surface area contributed by atoms with Crippen molar-refractivity contribution in [2.24, 2.45) is 0 Å². The third-order valence-corrected chi connectivity index (χ3v) is 5.60. The summed E-state index contributed by atoms with van der Waals surface area (Å²) in [6, 6.07) is 7.10. The highest BCUT2D eigenvalue weighted by Crippen LogP contribution is 2.33. The number of aromatic nitrogens is 2. The molecule has 118 valence electrons. The average molecular weight is 321 g/mol. The second-order valence-electron chi connectivity index (χ2n) is 5.34. The van der Waals surface area contributed by atoms with Gasteiger partial charge in [-0.25, -0.2) is 8.42 Å². The molecule has 0 amide bonds. The minimum absolute atomic E-state index is 0.263. The van der Waals surface area contributed by atoms with E-state index < -0.39 is 10.0 Å². The molecule has 6 nitrogen and oxygen atoms in total. The van der Waals surface area contributed by atoms with Crippen LogP contribution in [0.25, 0.3) is 0 Å². The molecule has 0 spiro atoms. The Bertz CT molecular complexity index is 811. The number of nitrogens with one attached hydrogen (secondary N) is 1. The van der Waals surface area contributed by atoms with Crippen molar-refractivity contribution in [2.45, 2.75) is 38.3 Å². The summed E-state index contributed by atoms with van der Waals surface area (Å²) in [5.74, 6) is 0.730. The van der Waals surface area contributed by atoms with Crippen LogP contribution in [0.5, 0.6) is 5.75 Å². The summed E-state index contributed by atoms with van der Waals surface area (Å²) in [4.78, 5) is 0.263. The highest BCUT2D eigenvalue weighted by Gasteiger charge is 2.31. The van der Waals surface area contributed by atoms with Crippen molar-refractivity contribution >= 4 is 10.0 Å². The molecule has 1 atom stereocenters. The topological polar surface area (TPSA) is 73.2 Å². The zero-order chi connectivity index (χ0) is 15.9. The number of aryl methyl sites for hydroxylation is 2. The zero-order valence-corrected chi connectivity index (χ0v) is 13.6. The number of ether oxygens (including phenoxy) is 1. The number of rotatable bonds is 4. The van der Waals surface area contributed by atoms with Crippen LogP contribution in [0.1, 0.15) is 29.9 Å². The molecule has 3 rings (SSSR count). The predicted octanol–water partition coefficient (Wildman–Crippen LogP) is 1.93. The summed E-state index contributed by atoms with van der Waals surface area (Å²) >= 11 is 0. The Labute approximate surface area is 130 Å². The minimum Gasteiger partial charge on any atom is -0.491 e. The molecule has 1 aliphatic rings. The summed E-state index contributed by atoms with van der Waals surface area (Å²) < 4.78 is 35.5. The molecule has 2 aromatic rings. The summed E-state index contributed by atoms with van der Waals surface area (Å²) in [5, 5.41) is 4.28. The fourth-order valence-electron chi connectivity index (χ4n) is 2.88. The highest BCUT2D eigenvalue weighted by molar-refractivity contribution is 7.89. The summed E-state index contributed by atoms with van der Waals surface area (Å²) in [5.41, 5.74) is 2.03. The van der Waals surface area contributed by atoms with Crippen molar-refractivity contribution in [3.63, 3.8) is 0 Å². The van der Waals surface area contributed by atoms with E-state index in [0.29, 0.717) is 24.5 Å². The van der Waals surface area contributed by atoms with Gasteiger partial charge in [0.25, 0.3) is 0 Å². The van der Waals surface area contributed by atoms with Gasteiger partial charge in [-0.1, -0.05) is 18.2 Å². The zero-order valence-electron chi connectivity index (χ0n) is 12.8. The molecule has 0 fully saturated rings. The van der Waals surface area contributed by atoms with Crippen LogP contribution in [0.15, 0.2) is 29.2 Å². The largest absolute Gasteiger partial charge is 0.491 e. The van der Waals surface area contributed by atoms with Crippen LogP contribution >= 0.6 is 0 Å². The van der Waals surface area contributed by atoms with Crippen molar-refractivity contribution < 1.29 is 13.2 Å².